The molecule has 0 saturated carbocycles. The lowest BCUT2D eigenvalue weighted by atomic mass is 10.1. The van der Waals surface area contributed by atoms with Crippen molar-refractivity contribution in [3.63, 3.8) is 0 Å². The minimum atomic E-state index is -0.267. The van der Waals surface area contributed by atoms with Gasteiger partial charge in [-0.25, -0.2) is 0 Å². The van der Waals surface area contributed by atoms with Crippen molar-refractivity contribution in [3.8, 4) is 0 Å². The zero-order chi connectivity index (χ0) is 12.6. The molecular weight excluding hydrogens is 282 g/mol. The Kier molecular flexibility index (Phi) is 3.00. The summed E-state index contributed by atoms with van der Waals surface area (Å²) < 4.78 is 6.45. The predicted molar refractivity (Wildman–Crippen MR) is 71.1 cm³/mol. The van der Waals surface area contributed by atoms with Gasteiger partial charge in [-0.1, -0.05) is 15.9 Å². The van der Waals surface area contributed by atoms with Crippen molar-refractivity contribution < 1.29 is 9.21 Å². The molecule has 0 aliphatic rings. The Balaban J connectivity index is 2.33. The molecule has 0 atom stereocenters. The highest BCUT2D eigenvalue weighted by Crippen LogP contribution is 2.23. The van der Waals surface area contributed by atoms with E-state index >= 15 is 0 Å². The Labute approximate surface area is 108 Å². The summed E-state index contributed by atoms with van der Waals surface area (Å²) in [5.41, 5.74) is 0.440. The first-order valence-corrected chi connectivity index (χ1v) is 6.16. The highest BCUT2D eigenvalue weighted by Gasteiger charge is 2.18. The Morgan fingerprint density at radius 3 is 2.65 bits per heavy atom. The van der Waals surface area contributed by atoms with Gasteiger partial charge in [-0.3, -0.25) is 4.79 Å². The Bertz CT molecular complexity index is 566. The highest BCUT2D eigenvalue weighted by molar-refractivity contribution is 9.10. The molecule has 0 bridgehead atoms. The molecule has 4 heteroatoms. The summed E-state index contributed by atoms with van der Waals surface area (Å²) in [4.78, 5) is 11.9. The lowest BCUT2D eigenvalue weighted by Gasteiger charge is -2.19. The molecule has 1 aromatic carbocycles. The van der Waals surface area contributed by atoms with Crippen molar-refractivity contribution in [2.45, 2.75) is 26.3 Å². The Morgan fingerprint density at radius 1 is 1.29 bits per heavy atom. The van der Waals surface area contributed by atoms with Gasteiger partial charge >= 0.3 is 0 Å². The van der Waals surface area contributed by atoms with Gasteiger partial charge in [0.15, 0.2) is 5.76 Å². The van der Waals surface area contributed by atoms with Crippen LogP contribution in [0.2, 0.25) is 0 Å². The number of carbonyl (C=O) groups is 1. The van der Waals surface area contributed by atoms with Crippen molar-refractivity contribution >= 4 is 32.8 Å². The number of nitrogens with one attached hydrogen (secondary N) is 1. The van der Waals surface area contributed by atoms with E-state index in [9.17, 15) is 4.79 Å². The maximum absolute atomic E-state index is 11.9. The number of benzene rings is 1. The van der Waals surface area contributed by atoms with Gasteiger partial charge in [-0.05, 0) is 45.0 Å². The molecule has 0 fully saturated rings. The number of furan rings is 1. The molecule has 0 spiro atoms. The van der Waals surface area contributed by atoms with E-state index in [0.717, 1.165) is 9.86 Å². The minimum Gasteiger partial charge on any atom is -0.451 e. The van der Waals surface area contributed by atoms with E-state index in [2.05, 4.69) is 21.2 Å². The molecule has 2 aromatic rings. The summed E-state index contributed by atoms with van der Waals surface area (Å²) in [6, 6.07) is 7.44. The minimum absolute atomic E-state index is 0.190. The normalized spacial score (nSPS) is 11.8. The summed E-state index contributed by atoms with van der Waals surface area (Å²) in [6.07, 6.45) is 0. The molecule has 1 amide bonds. The molecule has 0 unspecified atom stereocenters. The summed E-state index contributed by atoms with van der Waals surface area (Å²) in [5.74, 6) is 0.151. The molecule has 1 N–H and O–H groups in total. The van der Waals surface area contributed by atoms with Crippen LogP contribution in [-0.4, -0.2) is 11.4 Å². The van der Waals surface area contributed by atoms with Crippen molar-refractivity contribution in [3.05, 3.63) is 34.5 Å². The maximum atomic E-state index is 11.9. The average Bonchev–Trinajstić information content (AvgIpc) is 2.57. The van der Waals surface area contributed by atoms with E-state index in [1.807, 2.05) is 39.0 Å². The van der Waals surface area contributed by atoms with E-state index in [-0.39, 0.29) is 11.4 Å². The van der Waals surface area contributed by atoms with Gasteiger partial charge in [0, 0.05) is 15.4 Å². The summed E-state index contributed by atoms with van der Waals surface area (Å²) in [5, 5.41) is 3.79. The molecule has 2 rings (SSSR count). The second-order valence-corrected chi connectivity index (χ2v) is 5.91. The number of carbonyl (C=O) groups excluding carboxylic acids is 1. The molecule has 1 aromatic heterocycles. The zero-order valence-electron chi connectivity index (χ0n) is 10.0. The number of hydrogen-bond donors (Lipinski definition) is 1. The quantitative estimate of drug-likeness (QED) is 0.871. The average molecular weight is 296 g/mol. The van der Waals surface area contributed by atoms with Gasteiger partial charge in [0.2, 0.25) is 0 Å². The van der Waals surface area contributed by atoms with Crippen LogP contribution in [0.15, 0.2) is 33.2 Å². The van der Waals surface area contributed by atoms with E-state index in [1.54, 1.807) is 6.07 Å². The van der Waals surface area contributed by atoms with Crippen molar-refractivity contribution in [2.75, 3.05) is 0 Å². The van der Waals surface area contributed by atoms with Crippen LogP contribution in [-0.2, 0) is 0 Å². The van der Waals surface area contributed by atoms with Crippen LogP contribution in [0.25, 0.3) is 11.0 Å². The van der Waals surface area contributed by atoms with Crippen LogP contribution in [0, 0.1) is 0 Å². The van der Waals surface area contributed by atoms with Crippen LogP contribution in [0.3, 0.4) is 0 Å². The lowest BCUT2D eigenvalue weighted by molar-refractivity contribution is 0.0893. The highest BCUT2D eigenvalue weighted by atomic mass is 79.9. The third kappa shape index (κ3) is 2.88. The molecular formula is C13H14BrNO2. The van der Waals surface area contributed by atoms with Crippen molar-refractivity contribution in [2.24, 2.45) is 0 Å². The molecule has 0 saturated heterocycles. The number of halogens is 1. The predicted octanol–water partition coefficient (Wildman–Crippen LogP) is 3.72. The van der Waals surface area contributed by atoms with E-state index in [0.29, 0.717) is 11.3 Å². The van der Waals surface area contributed by atoms with Crippen LogP contribution in [0.5, 0.6) is 0 Å². The molecule has 90 valence electrons. The smallest absolute Gasteiger partial charge is 0.287 e. The van der Waals surface area contributed by atoms with E-state index in [1.165, 1.54) is 0 Å². The molecule has 1 heterocycles. The molecule has 3 nitrogen and oxygen atoms in total. The molecule has 17 heavy (non-hydrogen) atoms. The Hall–Kier alpha value is -1.29. The van der Waals surface area contributed by atoms with E-state index in [4.69, 9.17) is 4.42 Å². The maximum Gasteiger partial charge on any atom is 0.287 e. The topological polar surface area (TPSA) is 42.2 Å². The number of hydrogen-bond acceptors (Lipinski definition) is 2. The van der Waals surface area contributed by atoms with Gasteiger partial charge < -0.3 is 9.73 Å². The van der Waals surface area contributed by atoms with Crippen LogP contribution < -0.4 is 5.32 Å². The van der Waals surface area contributed by atoms with Crippen molar-refractivity contribution in [1.82, 2.24) is 5.32 Å². The monoisotopic (exact) mass is 295 g/mol. The lowest BCUT2D eigenvalue weighted by Crippen LogP contribution is -2.40. The second-order valence-electron chi connectivity index (χ2n) is 5.00. The number of amides is 1. The van der Waals surface area contributed by atoms with Crippen molar-refractivity contribution in [1.29, 1.82) is 0 Å². The first-order chi connectivity index (χ1) is 7.85. The van der Waals surface area contributed by atoms with Gasteiger partial charge in [0.05, 0.1) is 0 Å². The summed E-state index contributed by atoms with van der Waals surface area (Å²) in [6.45, 7) is 5.80. The first kappa shape index (κ1) is 12.2. The summed E-state index contributed by atoms with van der Waals surface area (Å²) in [7, 11) is 0. The fraction of sp³-hybridized carbons (Fsp3) is 0.308. The third-order valence-corrected chi connectivity index (χ3v) is 2.69. The zero-order valence-corrected chi connectivity index (χ0v) is 11.6. The Morgan fingerprint density at radius 2 is 2.00 bits per heavy atom. The fourth-order valence-electron chi connectivity index (χ4n) is 1.52. The van der Waals surface area contributed by atoms with Gasteiger partial charge in [0.1, 0.15) is 5.58 Å². The van der Waals surface area contributed by atoms with Gasteiger partial charge in [0.25, 0.3) is 5.91 Å². The summed E-state index contributed by atoms with van der Waals surface area (Å²) >= 11 is 3.37. The SMILES string of the molecule is CC(C)(C)NC(=O)c1cc2ccc(Br)cc2o1. The second kappa shape index (κ2) is 4.18. The first-order valence-electron chi connectivity index (χ1n) is 5.37. The largest absolute Gasteiger partial charge is 0.451 e. The standard InChI is InChI=1S/C13H14BrNO2/c1-13(2,3)15-12(16)11-6-8-4-5-9(14)7-10(8)17-11/h4-7H,1-3H3,(H,15,16). The van der Waals surface area contributed by atoms with Crippen LogP contribution >= 0.6 is 15.9 Å². The number of fused-ring (bicyclic) bond motifs is 1. The molecule has 0 aliphatic heterocycles. The van der Waals surface area contributed by atoms with Crippen LogP contribution in [0.1, 0.15) is 31.3 Å². The third-order valence-electron chi connectivity index (χ3n) is 2.19. The van der Waals surface area contributed by atoms with Gasteiger partial charge in [-0.15, -0.1) is 0 Å². The molecule has 0 radical (unpaired) electrons. The fourth-order valence-corrected chi connectivity index (χ4v) is 1.86. The van der Waals surface area contributed by atoms with Crippen LogP contribution in [0.4, 0.5) is 0 Å². The molecule has 0 aliphatic carbocycles. The van der Waals surface area contributed by atoms with E-state index < -0.39 is 0 Å². The number of rotatable bonds is 1. The van der Waals surface area contributed by atoms with Gasteiger partial charge in [-0.2, -0.15) is 0 Å².